The number of hydrogen-bond donors (Lipinski definition) is 0. The summed E-state index contributed by atoms with van der Waals surface area (Å²) in [6.07, 6.45) is 7.24. The second kappa shape index (κ2) is 3.54. The molecule has 0 unspecified atom stereocenters. The standard InChI is InChI=1S/C13H21N/c1-4-6-12-11(3)7-8-13(12)9-14(5-2)10-13/h4,6H,5,7-10H2,1-3H3/b6-4-. The summed E-state index contributed by atoms with van der Waals surface area (Å²) in [5.41, 5.74) is 3.82. The van der Waals surface area contributed by atoms with Gasteiger partial charge in [0, 0.05) is 18.5 Å². The van der Waals surface area contributed by atoms with Crippen LogP contribution in [-0.2, 0) is 0 Å². The number of likely N-dealkylation sites (tertiary alicyclic amines) is 1. The molecule has 0 N–H and O–H groups in total. The van der Waals surface area contributed by atoms with Crippen LogP contribution in [-0.4, -0.2) is 24.5 Å². The fraction of sp³-hybridized carbons (Fsp3) is 0.692. The molecule has 2 aliphatic rings. The molecular weight excluding hydrogens is 170 g/mol. The summed E-state index contributed by atoms with van der Waals surface area (Å²) in [7, 11) is 0. The minimum absolute atomic E-state index is 0.548. The van der Waals surface area contributed by atoms with Crippen molar-refractivity contribution in [2.24, 2.45) is 5.41 Å². The SMILES string of the molecule is C/C=C\C1=C(C)CCC12CN(CC)C2. The van der Waals surface area contributed by atoms with Gasteiger partial charge in [0.1, 0.15) is 0 Å². The summed E-state index contributed by atoms with van der Waals surface area (Å²) in [5, 5.41) is 0. The van der Waals surface area contributed by atoms with E-state index in [-0.39, 0.29) is 0 Å². The highest BCUT2D eigenvalue weighted by molar-refractivity contribution is 5.39. The fourth-order valence-corrected chi connectivity index (χ4v) is 3.00. The van der Waals surface area contributed by atoms with E-state index < -0.39 is 0 Å². The van der Waals surface area contributed by atoms with Gasteiger partial charge in [0.2, 0.25) is 0 Å². The van der Waals surface area contributed by atoms with E-state index in [1.807, 2.05) is 0 Å². The van der Waals surface area contributed by atoms with Gasteiger partial charge >= 0.3 is 0 Å². The Morgan fingerprint density at radius 2 is 2.14 bits per heavy atom. The van der Waals surface area contributed by atoms with Crippen molar-refractivity contribution >= 4 is 0 Å². The fourth-order valence-electron chi connectivity index (χ4n) is 3.00. The highest BCUT2D eigenvalue weighted by Crippen LogP contribution is 2.49. The molecule has 0 radical (unpaired) electrons. The average molecular weight is 191 g/mol. The lowest BCUT2D eigenvalue weighted by Crippen LogP contribution is -2.55. The summed E-state index contributed by atoms with van der Waals surface area (Å²) in [5.74, 6) is 0. The molecule has 0 aromatic heterocycles. The topological polar surface area (TPSA) is 3.24 Å². The van der Waals surface area contributed by atoms with Crippen LogP contribution < -0.4 is 0 Å². The Bertz CT molecular complexity index is 280. The Balaban J connectivity index is 2.15. The van der Waals surface area contributed by atoms with Gasteiger partial charge in [-0.3, -0.25) is 0 Å². The molecule has 1 heterocycles. The number of allylic oxidation sites excluding steroid dienone is 3. The van der Waals surface area contributed by atoms with E-state index in [4.69, 9.17) is 0 Å². The maximum atomic E-state index is 2.54. The molecule has 0 aromatic carbocycles. The van der Waals surface area contributed by atoms with E-state index in [2.05, 4.69) is 37.8 Å². The molecule has 0 aromatic rings. The summed E-state index contributed by atoms with van der Waals surface area (Å²) in [6, 6.07) is 0. The first-order valence-electron chi connectivity index (χ1n) is 5.77. The van der Waals surface area contributed by atoms with Crippen LogP contribution in [0.4, 0.5) is 0 Å². The zero-order chi connectivity index (χ0) is 10.2. The van der Waals surface area contributed by atoms with Crippen molar-refractivity contribution in [3.8, 4) is 0 Å². The van der Waals surface area contributed by atoms with Crippen LogP contribution in [0.1, 0.15) is 33.6 Å². The first-order chi connectivity index (χ1) is 6.72. The van der Waals surface area contributed by atoms with Crippen LogP contribution >= 0.6 is 0 Å². The van der Waals surface area contributed by atoms with Crippen LogP contribution in [0.15, 0.2) is 23.3 Å². The van der Waals surface area contributed by atoms with Crippen molar-refractivity contribution in [3.63, 3.8) is 0 Å². The van der Waals surface area contributed by atoms with E-state index >= 15 is 0 Å². The smallest absolute Gasteiger partial charge is 0.0210 e. The van der Waals surface area contributed by atoms with E-state index in [1.54, 1.807) is 11.1 Å². The molecule has 0 amide bonds. The molecule has 1 heteroatoms. The second-order valence-corrected chi connectivity index (χ2v) is 4.78. The summed E-state index contributed by atoms with van der Waals surface area (Å²) in [6.45, 7) is 10.5. The first kappa shape index (κ1) is 9.97. The van der Waals surface area contributed by atoms with Crippen LogP contribution in [0.25, 0.3) is 0 Å². The maximum absolute atomic E-state index is 2.54. The highest BCUT2D eigenvalue weighted by atomic mass is 15.2. The van der Waals surface area contributed by atoms with Gasteiger partial charge in [0.15, 0.2) is 0 Å². The molecule has 0 atom stereocenters. The molecule has 1 nitrogen and oxygen atoms in total. The largest absolute Gasteiger partial charge is 0.302 e. The van der Waals surface area contributed by atoms with Gasteiger partial charge in [0.05, 0.1) is 0 Å². The first-order valence-corrected chi connectivity index (χ1v) is 5.77. The second-order valence-electron chi connectivity index (χ2n) is 4.78. The summed E-state index contributed by atoms with van der Waals surface area (Å²) in [4.78, 5) is 2.54. The van der Waals surface area contributed by atoms with Crippen molar-refractivity contribution in [3.05, 3.63) is 23.3 Å². The Morgan fingerprint density at radius 3 is 2.71 bits per heavy atom. The number of hydrogen-bond acceptors (Lipinski definition) is 1. The molecule has 78 valence electrons. The van der Waals surface area contributed by atoms with Crippen LogP contribution in [0.2, 0.25) is 0 Å². The van der Waals surface area contributed by atoms with Gasteiger partial charge in [-0.05, 0) is 38.8 Å². The van der Waals surface area contributed by atoms with E-state index in [9.17, 15) is 0 Å². The summed E-state index contributed by atoms with van der Waals surface area (Å²) < 4.78 is 0. The van der Waals surface area contributed by atoms with Crippen molar-refractivity contribution in [2.45, 2.75) is 33.6 Å². The van der Waals surface area contributed by atoms with Gasteiger partial charge in [-0.15, -0.1) is 0 Å². The molecule has 0 bridgehead atoms. The maximum Gasteiger partial charge on any atom is 0.0210 e. The lowest BCUT2D eigenvalue weighted by Gasteiger charge is -2.49. The van der Waals surface area contributed by atoms with Crippen molar-refractivity contribution in [1.82, 2.24) is 4.90 Å². The number of nitrogens with zero attached hydrogens (tertiary/aromatic N) is 1. The molecule has 2 rings (SSSR count). The van der Waals surface area contributed by atoms with E-state index in [0.29, 0.717) is 5.41 Å². The van der Waals surface area contributed by atoms with Crippen LogP contribution in [0.5, 0.6) is 0 Å². The quantitative estimate of drug-likeness (QED) is 0.648. The highest BCUT2D eigenvalue weighted by Gasteiger charge is 2.47. The van der Waals surface area contributed by atoms with Gasteiger partial charge in [-0.1, -0.05) is 24.6 Å². The molecule has 14 heavy (non-hydrogen) atoms. The predicted molar refractivity (Wildman–Crippen MR) is 61.3 cm³/mol. The van der Waals surface area contributed by atoms with Gasteiger partial charge in [-0.2, -0.15) is 0 Å². The molecule has 1 saturated heterocycles. The third kappa shape index (κ3) is 1.35. The Kier molecular flexibility index (Phi) is 2.52. The van der Waals surface area contributed by atoms with E-state index in [1.165, 1.54) is 32.5 Å². The zero-order valence-electron chi connectivity index (χ0n) is 9.64. The number of rotatable bonds is 2. The molecule has 1 fully saturated rings. The zero-order valence-corrected chi connectivity index (χ0v) is 9.64. The normalized spacial score (nSPS) is 26.5. The van der Waals surface area contributed by atoms with Crippen molar-refractivity contribution in [2.75, 3.05) is 19.6 Å². The Hall–Kier alpha value is -0.560. The lowest BCUT2D eigenvalue weighted by atomic mass is 9.73. The molecule has 1 aliphatic carbocycles. The Morgan fingerprint density at radius 1 is 1.43 bits per heavy atom. The minimum Gasteiger partial charge on any atom is -0.302 e. The van der Waals surface area contributed by atoms with Crippen molar-refractivity contribution < 1.29 is 0 Å². The van der Waals surface area contributed by atoms with Gasteiger partial charge in [0.25, 0.3) is 0 Å². The third-order valence-electron chi connectivity index (χ3n) is 3.84. The summed E-state index contributed by atoms with van der Waals surface area (Å²) >= 11 is 0. The molecule has 1 aliphatic heterocycles. The van der Waals surface area contributed by atoms with Gasteiger partial charge < -0.3 is 4.90 Å². The van der Waals surface area contributed by atoms with Crippen molar-refractivity contribution in [1.29, 1.82) is 0 Å². The molecule has 0 saturated carbocycles. The monoisotopic (exact) mass is 191 g/mol. The Labute approximate surface area is 87.5 Å². The third-order valence-corrected chi connectivity index (χ3v) is 3.84. The molecular formula is C13H21N. The van der Waals surface area contributed by atoms with Crippen LogP contribution in [0.3, 0.4) is 0 Å². The van der Waals surface area contributed by atoms with Gasteiger partial charge in [-0.25, -0.2) is 0 Å². The van der Waals surface area contributed by atoms with E-state index in [0.717, 1.165) is 0 Å². The molecule has 1 spiro atoms. The van der Waals surface area contributed by atoms with Crippen LogP contribution in [0, 0.1) is 5.41 Å². The lowest BCUT2D eigenvalue weighted by molar-refractivity contribution is 0.0389. The average Bonchev–Trinajstić information content (AvgIpc) is 2.43. The predicted octanol–water partition coefficient (Wildman–Crippen LogP) is 2.99. The minimum atomic E-state index is 0.548.